The molecular formula is C16H18O2. The lowest BCUT2D eigenvalue weighted by Crippen LogP contribution is -2.22. The zero-order chi connectivity index (χ0) is 12.5. The molecule has 1 fully saturated rings. The van der Waals surface area contributed by atoms with Crippen molar-refractivity contribution in [2.24, 2.45) is 5.92 Å². The fourth-order valence-electron chi connectivity index (χ4n) is 2.70. The van der Waals surface area contributed by atoms with E-state index in [1.807, 2.05) is 18.2 Å². The van der Waals surface area contributed by atoms with E-state index in [9.17, 15) is 5.11 Å². The van der Waals surface area contributed by atoms with Crippen molar-refractivity contribution in [3.8, 4) is 0 Å². The van der Waals surface area contributed by atoms with Gasteiger partial charge in [-0.1, -0.05) is 43.3 Å². The summed E-state index contributed by atoms with van der Waals surface area (Å²) >= 11 is 0. The fraction of sp³-hybridized carbons (Fsp3) is 0.375. The molecule has 0 aliphatic carbocycles. The normalized spacial score (nSPS) is 25.4. The second kappa shape index (κ2) is 4.71. The van der Waals surface area contributed by atoms with E-state index in [-0.39, 0.29) is 6.10 Å². The first-order valence-electron chi connectivity index (χ1n) is 6.54. The molecule has 0 amide bonds. The van der Waals surface area contributed by atoms with Crippen LogP contribution in [0.1, 0.15) is 25.0 Å². The highest BCUT2D eigenvalue weighted by Crippen LogP contribution is 2.32. The van der Waals surface area contributed by atoms with Crippen molar-refractivity contribution in [1.82, 2.24) is 0 Å². The number of hydrogen-bond donors (Lipinski definition) is 1. The Labute approximate surface area is 107 Å². The van der Waals surface area contributed by atoms with E-state index in [0.29, 0.717) is 5.92 Å². The SMILES string of the molecule is CC1CCOC1C(O)c1ccc2ccccc2c1. The lowest BCUT2D eigenvalue weighted by atomic mass is 9.93. The average molecular weight is 242 g/mol. The molecule has 2 aromatic rings. The lowest BCUT2D eigenvalue weighted by Gasteiger charge is -2.22. The van der Waals surface area contributed by atoms with Crippen LogP contribution < -0.4 is 0 Å². The van der Waals surface area contributed by atoms with Gasteiger partial charge >= 0.3 is 0 Å². The highest BCUT2D eigenvalue weighted by Gasteiger charge is 2.31. The Morgan fingerprint density at radius 3 is 2.67 bits per heavy atom. The molecule has 1 aliphatic heterocycles. The van der Waals surface area contributed by atoms with Crippen LogP contribution in [-0.4, -0.2) is 17.8 Å². The number of hydrogen-bond acceptors (Lipinski definition) is 2. The standard InChI is InChI=1S/C16H18O2/c1-11-8-9-18-16(11)15(17)14-7-6-12-4-2-3-5-13(12)10-14/h2-7,10-11,15-17H,8-9H2,1H3. The van der Waals surface area contributed by atoms with Crippen molar-refractivity contribution in [3.05, 3.63) is 48.0 Å². The quantitative estimate of drug-likeness (QED) is 0.875. The molecule has 1 N–H and O–H groups in total. The minimum absolute atomic E-state index is 0.0637. The predicted molar refractivity (Wildman–Crippen MR) is 72.4 cm³/mol. The van der Waals surface area contributed by atoms with Gasteiger partial charge in [0.15, 0.2) is 0 Å². The van der Waals surface area contributed by atoms with Crippen LogP contribution in [0.3, 0.4) is 0 Å². The number of rotatable bonds is 2. The van der Waals surface area contributed by atoms with E-state index >= 15 is 0 Å². The second-order valence-electron chi connectivity index (χ2n) is 5.15. The van der Waals surface area contributed by atoms with Crippen LogP contribution in [0.5, 0.6) is 0 Å². The molecule has 3 rings (SSSR count). The molecule has 2 heteroatoms. The van der Waals surface area contributed by atoms with Gasteiger partial charge in [0.2, 0.25) is 0 Å². The summed E-state index contributed by atoms with van der Waals surface area (Å²) in [7, 11) is 0. The van der Waals surface area contributed by atoms with Gasteiger partial charge in [0.1, 0.15) is 6.10 Å². The molecule has 0 saturated carbocycles. The molecule has 0 spiro atoms. The summed E-state index contributed by atoms with van der Waals surface area (Å²) in [5.41, 5.74) is 0.951. The number of fused-ring (bicyclic) bond motifs is 1. The summed E-state index contributed by atoms with van der Waals surface area (Å²) in [4.78, 5) is 0. The van der Waals surface area contributed by atoms with E-state index < -0.39 is 6.10 Å². The van der Waals surface area contributed by atoms with Gasteiger partial charge in [0.25, 0.3) is 0 Å². The zero-order valence-electron chi connectivity index (χ0n) is 10.5. The highest BCUT2D eigenvalue weighted by atomic mass is 16.5. The first-order chi connectivity index (χ1) is 8.75. The smallest absolute Gasteiger partial charge is 0.105 e. The predicted octanol–water partition coefficient (Wildman–Crippen LogP) is 3.30. The Balaban J connectivity index is 1.93. The summed E-state index contributed by atoms with van der Waals surface area (Å²) < 4.78 is 5.64. The Bertz CT molecular complexity index is 550. The monoisotopic (exact) mass is 242 g/mol. The van der Waals surface area contributed by atoms with E-state index in [1.165, 1.54) is 10.8 Å². The molecule has 94 valence electrons. The molecule has 2 aromatic carbocycles. The van der Waals surface area contributed by atoms with Gasteiger partial charge in [-0.15, -0.1) is 0 Å². The third kappa shape index (κ3) is 2.02. The molecule has 1 saturated heterocycles. The van der Waals surface area contributed by atoms with Gasteiger partial charge in [0.05, 0.1) is 6.10 Å². The van der Waals surface area contributed by atoms with Crippen LogP contribution in [0, 0.1) is 5.92 Å². The van der Waals surface area contributed by atoms with Gasteiger partial charge in [0, 0.05) is 6.61 Å². The molecule has 2 nitrogen and oxygen atoms in total. The van der Waals surface area contributed by atoms with Gasteiger partial charge in [-0.05, 0) is 34.7 Å². The van der Waals surface area contributed by atoms with Gasteiger partial charge in [-0.25, -0.2) is 0 Å². The topological polar surface area (TPSA) is 29.5 Å². The van der Waals surface area contributed by atoms with Crippen molar-refractivity contribution in [1.29, 1.82) is 0 Å². The van der Waals surface area contributed by atoms with Crippen LogP contribution in [0.15, 0.2) is 42.5 Å². The summed E-state index contributed by atoms with van der Waals surface area (Å²) in [5, 5.41) is 12.8. The lowest BCUT2D eigenvalue weighted by molar-refractivity contribution is -0.0177. The maximum atomic E-state index is 10.4. The zero-order valence-corrected chi connectivity index (χ0v) is 10.5. The van der Waals surface area contributed by atoms with Crippen molar-refractivity contribution in [3.63, 3.8) is 0 Å². The van der Waals surface area contributed by atoms with Crippen LogP contribution >= 0.6 is 0 Å². The van der Waals surface area contributed by atoms with Gasteiger partial charge in [-0.2, -0.15) is 0 Å². The molecule has 1 aliphatic rings. The van der Waals surface area contributed by atoms with Crippen LogP contribution in [0.4, 0.5) is 0 Å². The van der Waals surface area contributed by atoms with Crippen LogP contribution in [0.25, 0.3) is 10.8 Å². The van der Waals surface area contributed by atoms with Crippen molar-refractivity contribution >= 4 is 10.8 Å². The number of aliphatic hydroxyl groups excluding tert-OH is 1. The average Bonchev–Trinajstić information content (AvgIpc) is 2.83. The van der Waals surface area contributed by atoms with Crippen LogP contribution in [-0.2, 0) is 4.74 Å². The first kappa shape index (κ1) is 11.7. The molecule has 0 aromatic heterocycles. The maximum Gasteiger partial charge on any atom is 0.105 e. The molecular weight excluding hydrogens is 224 g/mol. The van der Waals surface area contributed by atoms with E-state index in [2.05, 4.69) is 31.2 Å². The Morgan fingerprint density at radius 1 is 1.17 bits per heavy atom. The molecule has 18 heavy (non-hydrogen) atoms. The molecule has 0 bridgehead atoms. The Morgan fingerprint density at radius 2 is 1.94 bits per heavy atom. The third-order valence-corrected chi connectivity index (χ3v) is 3.87. The van der Waals surface area contributed by atoms with Crippen molar-refractivity contribution in [2.45, 2.75) is 25.6 Å². The Hall–Kier alpha value is -1.38. The molecule has 3 unspecified atom stereocenters. The molecule has 0 radical (unpaired) electrons. The third-order valence-electron chi connectivity index (χ3n) is 3.87. The maximum absolute atomic E-state index is 10.4. The largest absolute Gasteiger partial charge is 0.386 e. The number of ether oxygens (including phenoxy) is 1. The second-order valence-corrected chi connectivity index (χ2v) is 5.15. The number of benzene rings is 2. The van der Waals surface area contributed by atoms with Crippen LogP contribution in [0.2, 0.25) is 0 Å². The minimum atomic E-state index is -0.521. The van der Waals surface area contributed by atoms with E-state index in [1.54, 1.807) is 0 Å². The number of aliphatic hydroxyl groups is 1. The fourth-order valence-corrected chi connectivity index (χ4v) is 2.70. The van der Waals surface area contributed by atoms with Gasteiger partial charge in [-0.3, -0.25) is 0 Å². The van der Waals surface area contributed by atoms with Gasteiger partial charge < -0.3 is 9.84 Å². The molecule has 1 heterocycles. The highest BCUT2D eigenvalue weighted by molar-refractivity contribution is 5.83. The summed E-state index contributed by atoms with van der Waals surface area (Å²) in [6.07, 6.45) is 0.452. The summed E-state index contributed by atoms with van der Waals surface area (Å²) in [6, 6.07) is 14.3. The van der Waals surface area contributed by atoms with Crippen molar-refractivity contribution in [2.75, 3.05) is 6.61 Å². The first-order valence-corrected chi connectivity index (χ1v) is 6.54. The van der Waals surface area contributed by atoms with E-state index in [0.717, 1.165) is 18.6 Å². The summed E-state index contributed by atoms with van der Waals surface area (Å²) in [6.45, 7) is 2.90. The Kier molecular flexibility index (Phi) is 3.06. The molecule has 3 atom stereocenters. The summed E-state index contributed by atoms with van der Waals surface area (Å²) in [5.74, 6) is 0.423. The van der Waals surface area contributed by atoms with Crippen molar-refractivity contribution < 1.29 is 9.84 Å². The van der Waals surface area contributed by atoms with E-state index in [4.69, 9.17) is 4.74 Å². The minimum Gasteiger partial charge on any atom is -0.386 e.